The molecule has 4 nitrogen and oxygen atoms in total. The average molecular weight is 272 g/mol. The van der Waals surface area contributed by atoms with Crippen LogP contribution in [0.2, 0.25) is 5.02 Å². The van der Waals surface area contributed by atoms with Gasteiger partial charge in [0, 0.05) is 11.6 Å². The van der Waals surface area contributed by atoms with Crippen molar-refractivity contribution in [1.82, 2.24) is 4.90 Å². The highest BCUT2D eigenvalue weighted by atomic mass is 35.5. The van der Waals surface area contributed by atoms with E-state index in [1.807, 2.05) is 19.0 Å². The van der Waals surface area contributed by atoms with Crippen LogP contribution < -0.4 is 4.74 Å². The fraction of sp³-hybridized carbons (Fsp3) is 0.462. The van der Waals surface area contributed by atoms with E-state index in [4.69, 9.17) is 21.1 Å². The van der Waals surface area contributed by atoms with Crippen molar-refractivity contribution in [2.24, 2.45) is 0 Å². The molecule has 1 rings (SSSR count). The molecule has 0 saturated carbocycles. The largest absolute Gasteiger partial charge is 0.477 e. The predicted molar refractivity (Wildman–Crippen MR) is 71.1 cm³/mol. The molecule has 0 fully saturated rings. The highest BCUT2D eigenvalue weighted by molar-refractivity contribution is 6.30. The van der Waals surface area contributed by atoms with Crippen LogP contribution in [0, 0.1) is 0 Å². The lowest BCUT2D eigenvalue weighted by molar-refractivity contribution is -0.152. The molecule has 0 spiro atoms. The zero-order valence-corrected chi connectivity index (χ0v) is 11.6. The molecule has 0 aliphatic carbocycles. The third-order valence-corrected chi connectivity index (χ3v) is 2.42. The molecule has 0 heterocycles. The lowest BCUT2D eigenvalue weighted by atomic mass is 10.3. The highest BCUT2D eigenvalue weighted by Gasteiger charge is 2.22. The van der Waals surface area contributed by atoms with Gasteiger partial charge >= 0.3 is 5.97 Å². The quantitative estimate of drug-likeness (QED) is 0.744. The van der Waals surface area contributed by atoms with Crippen LogP contribution in [0.3, 0.4) is 0 Å². The van der Waals surface area contributed by atoms with E-state index in [0.29, 0.717) is 23.9 Å². The summed E-state index contributed by atoms with van der Waals surface area (Å²) in [7, 11) is 3.74. The monoisotopic (exact) mass is 271 g/mol. The number of hydrogen-bond acceptors (Lipinski definition) is 4. The number of carbonyl (C=O) groups excluding carboxylic acids is 1. The molecule has 100 valence electrons. The number of rotatable bonds is 6. The first-order valence-electron chi connectivity index (χ1n) is 5.76. The normalized spacial score (nSPS) is 12.3. The molecule has 0 aliphatic heterocycles. The molecule has 5 heteroatoms. The summed E-state index contributed by atoms with van der Waals surface area (Å²) in [5, 5.41) is 0.627. The number of esters is 1. The summed E-state index contributed by atoms with van der Waals surface area (Å²) in [5.41, 5.74) is 0. The second-order valence-corrected chi connectivity index (χ2v) is 4.51. The average Bonchev–Trinajstić information content (AvgIpc) is 2.31. The minimum absolute atomic E-state index is 0.340. The van der Waals surface area contributed by atoms with E-state index in [-0.39, 0.29) is 5.97 Å². The Morgan fingerprint density at radius 3 is 2.44 bits per heavy atom. The summed E-state index contributed by atoms with van der Waals surface area (Å²) in [6.07, 6.45) is -0.638. The molecule has 1 aromatic carbocycles. The molecule has 0 amide bonds. The zero-order chi connectivity index (χ0) is 13.5. The molecular weight excluding hydrogens is 254 g/mol. The van der Waals surface area contributed by atoms with Gasteiger partial charge in [0.2, 0.25) is 6.10 Å². The standard InChI is InChI=1S/C13H18ClNO3/c1-4-17-13(16)12(9-15(2)3)18-11-7-5-10(14)6-8-11/h5-8,12H,4,9H2,1-3H3. The fourth-order valence-electron chi connectivity index (χ4n) is 1.40. The summed E-state index contributed by atoms with van der Waals surface area (Å²) in [6, 6.07) is 6.89. The van der Waals surface area contributed by atoms with Gasteiger partial charge in [-0.1, -0.05) is 11.6 Å². The van der Waals surface area contributed by atoms with Gasteiger partial charge < -0.3 is 14.4 Å². The lowest BCUT2D eigenvalue weighted by Crippen LogP contribution is -2.38. The highest BCUT2D eigenvalue weighted by Crippen LogP contribution is 2.17. The van der Waals surface area contributed by atoms with E-state index < -0.39 is 6.10 Å². The fourth-order valence-corrected chi connectivity index (χ4v) is 1.53. The maximum Gasteiger partial charge on any atom is 0.348 e. The predicted octanol–water partition coefficient (Wildman–Crippen LogP) is 2.21. The van der Waals surface area contributed by atoms with Crippen LogP contribution in [0.1, 0.15) is 6.92 Å². The van der Waals surface area contributed by atoms with Crippen LogP contribution in [0.4, 0.5) is 0 Å². The van der Waals surface area contributed by atoms with Crippen LogP contribution >= 0.6 is 11.6 Å². The number of likely N-dealkylation sites (N-methyl/N-ethyl adjacent to an activating group) is 1. The molecule has 18 heavy (non-hydrogen) atoms. The van der Waals surface area contributed by atoms with Crippen molar-refractivity contribution in [3.05, 3.63) is 29.3 Å². The summed E-state index contributed by atoms with van der Waals surface area (Å²) in [4.78, 5) is 13.6. The third kappa shape index (κ3) is 4.94. The summed E-state index contributed by atoms with van der Waals surface area (Å²) in [6.45, 7) is 2.57. The Bertz CT molecular complexity index is 378. The molecule has 1 atom stereocenters. The van der Waals surface area contributed by atoms with Crippen LogP contribution in [-0.4, -0.2) is 44.2 Å². The molecule has 0 aromatic heterocycles. The van der Waals surface area contributed by atoms with Crippen molar-refractivity contribution < 1.29 is 14.3 Å². The van der Waals surface area contributed by atoms with Gasteiger partial charge in [-0.25, -0.2) is 4.79 Å². The number of benzene rings is 1. The Morgan fingerprint density at radius 1 is 1.33 bits per heavy atom. The van der Waals surface area contributed by atoms with Crippen molar-refractivity contribution in [3.8, 4) is 5.75 Å². The van der Waals surface area contributed by atoms with E-state index in [1.54, 1.807) is 31.2 Å². The Labute approximate surface area is 112 Å². The first-order valence-corrected chi connectivity index (χ1v) is 6.14. The van der Waals surface area contributed by atoms with Crippen molar-refractivity contribution in [3.63, 3.8) is 0 Å². The molecule has 1 aromatic rings. The van der Waals surface area contributed by atoms with Crippen molar-refractivity contribution >= 4 is 17.6 Å². The minimum Gasteiger partial charge on any atom is -0.477 e. The second kappa shape index (κ2) is 7.24. The lowest BCUT2D eigenvalue weighted by Gasteiger charge is -2.20. The van der Waals surface area contributed by atoms with E-state index in [2.05, 4.69) is 0 Å². The van der Waals surface area contributed by atoms with Crippen molar-refractivity contribution in [2.45, 2.75) is 13.0 Å². The third-order valence-electron chi connectivity index (χ3n) is 2.17. The van der Waals surface area contributed by atoms with Crippen LogP contribution in [0.15, 0.2) is 24.3 Å². The van der Waals surface area contributed by atoms with Crippen LogP contribution in [-0.2, 0) is 9.53 Å². The first kappa shape index (κ1) is 14.8. The SMILES string of the molecule is CCOC(=O)C(CN(C)C)Oc1ccc(Cl)cc1. The Hall–Kier alpha value is -1.26. The van der Waals surface area contributed by atoms with Gasteiger partial charge in [-0.2, -0.15) is 0 Å². The topological polar surface area (TPSA) is 38.8 Å². The summed E-state index contributed by atoms with van der Waals surface area (Å²) < 4.78 is 10.6. The molecule has 0 radical (unpaired) electrons. The molecule has 0 N–H and O–H groups in total. The first-order chi connectivity index (χ1) is 8.52. The number of carbonyl (C=O) groups is 1. The second-order valence-electron chi connectivity index (χ2n) is 4.07. The van der Waals surface area contributed by atoms with E-state index >= 15 is 0 Å². The van der Waals surface area contributed by atoms with E-state index in [0.717, 1.165) is 0 Å². The van der Waals surface area contributed by atoms with Gasteiger partial charge in [-0.05, 0) is 45.3 Å². The van der Waals surface area contributed by atoms with Crippen LogP contribution in [0.5, 0.6) is 5.75 Å². The summed E-state index contributed by atoms with van der Waals surface area (Å²) in [5.74, 6) is 0.237. The molecule has 1 unspecified atom stereocenters. The Balaban J connectivity index is 2.71. The Kier molecular flexibility index (Phi) is 5.95. The van der Waals surface area contributed by atoms with E-state index in [1.165, 1.54) is 0 Å². The van der Waals surface area contributed by atoms with Crippen molar-refractivity contribution in [2.75, 3.05) is 27.2 Å². The van der Waals surface area contributed by atoms with Gasteiger partial charge in [-0.15, -0.1) is 0 Å². The Morgan fingerprint density at radius 2 is 1.94 bits per heavy atom. The minimum atomic E-state index is -0.638. The van der Waals surface area contributed by atoms with Crippen LogP contribution in [0.25, 0.3) is 0 Å². The maximum absolute atomic E-state index is 11.8. The van der Waals surface area contributed by atoms with E-state index in [9.17, 15) is 4.79 Å². The smallest absolute Gasteiger partial charge is 0.348 e. The number of halogens is 1. The maximum atomic E-state index is 11.8. The molecule has 0 bridgehead atoms. The number of hydrogen-bond donors (Lipinski definition) is 0. The zero-order valence-electron chi connectivity index (χ0n) is 10.9. The molecule has 0 aliphatic rings. The summed E-state index contributed by atoms with van der Waals surface area (Å²) >= 11 is 5.79. The van der Waals surface area contributed by atoms with Gasteiger partial charge in [-0.3, -0.25) is 0 Å². The van der Waals surface area contributed by atoms with Gasteiger partial charge in [0.05, 0.1) is 6.61 Å². The van der Waals surface area contributed by atoms with Gasteiger partial charge in [0.1, 0.15) is 5.75 Å². The van der Waals surface area contributed by atoms with Crippen molar-refractivity contribution in [1.29, 1.82) is 0 Å². The molecule has 0 saturated heterocycles. The van der Waals surface area contributed by atoms with Gasteiger partial charge in [0.15, 0.2) is 0 Å². The molecular formula is C13H18ClNO3. The number of ether oxygens (including phenoxy) is 2. The number of nitrogens with zero attached hydrogens (tertiary/aromatic N) is 1. The van der Waals surface area contributed by atoms with Gasteiger partial charge in [0.25, 0.3) is 0 Å².